The highest BCUT2D eigenvalue weighted by molar-refractivity contribution is 7.99. The molecule has 0 amide bonds. The molecule has 1 aromatic carbocycles. The first-order valence-corrected chi connectivity index (χ1v) is 13.2. The van der Waals surface area contributed by atoms with Gasteiger partial charge in [0.2, 0.25) is 5.56 Å². The average Bonchev–Trinajstić information content (AvgIpc) is 3.37. The van der Waals surface area contributed by atoms with Crippen LogP contribution in [-0.2, 0) is 33.3 Å². The van der Waals surface area contributed by atoms with E-state index in [2.05, 4.69) is 15.3 Å². The van der Waals surface area contributed by atoms with Crippen molar-refractivity contribution >= 4 is 29.7 Å². The van der Waals surface area contributed by atoms with Crippen molar-refractivity contribution < 1.29 is 42.1 Å². The molecular formula is C26H26F2N4O8S. The number of rotatable bonds is 8. The number of aryl methyl sites for hydroxylation is 1. The largest absolute Gasteiger partial charge is 0.463 e. The van der Waals surface area contributed by atoms with E-state index in [0.717, 1.165) is 24.8 Å². The van der Waals surface area contributed by atoms with Crippen molar-refractivity contribution in [1.82, 2.24) is 20.0 Å². The van der Waals surface area contributed by atoms with Crippen LogP contribution < -0.4 is 5.56 Å². The van der Waals surface area contributed by atoms with Crippen molar-refractivity contribution in [3.8, 4) is 11.3 Å². The average molecular weight is 593 g/mol. The first-order valence-electron chi connectivity index (χ1n) is 12.3. The summed E-state index contributed by atoms with van der Waals surface area (Å²) in [5.41, 5.74) is -0.984. The summed E-state index contributed by atoms with van der Waals surface area (Å²) in [6.45, 7) is 4.59. The van der Waals surface area contributed by atoms with Gasteiger partial charge in [0.05, 0.1) is 6.20 Å². The smallest absolute Gasteiger partial charge is 0.303 e. The van der Waals surface area contributed by atoms with E-state index >= 15 is 0 Å². The Kier molecular flexibility index (Phi) is 9.18. The van der Waals surface area contributed by atoms with E-state index in [9.17, 15) is 28.0 Å². The lowest BCUT2D eigenvalue weighted by molar-refractivity contribution is -0.212. The number of benzene rings is 1. The number of carbonyl (C=O) groups is 3. The first kappa shape index (κ1) is 29.9. The molecule has 5 atom stereocenters. The highest BCUT2D eigenvalue weighted by Gasteiger charge is 2.52. The SMILES string of the molecule is CC(=O)OCC1O[C@H](Sc2cc[nH]c(=O)c2)C(OC(C)=O)C(n2cc(-c3cc(C)c(F)c(F)c3)nn2)[C@H]1OC(C)=O. The van der Waals surface area contributed by atoms with Crippen LogP contribution in [0.5, 0.6) is 0 Å². The third kappa shape index (κ3) is 7.16. The van der Waals surface area contributed by atoms with Crippen LogP contribution in [0.4, 0.5) is 8.78 Å². The van der Waals surface area contributed by atoms with Crippen LogP contribution in [0.2, 0.25) is 0 Å². The number of nitrogens with zero attached hydrogens (tertiary/aromatic N) is 3. The zero-order valence-electron chi connectivity index (χ0n) is 22.3. The van der Waals surface area contributed by atoms with Gasteiger partial charge in [-0.1, -0.05) is 17.0 Å². The van der Waals surface area contributed by atoms with Crippen LogP contribution in [-0.4, -0.2) is 68.2 Å². The van der Waals surface area contributed by atoms with Crippen LogP contribution in [0.3, 0.4) is 0 Å². The number of nitrogens with one attached hydrogen (secondary N) is 1. The van der Waals surface area contributed by atoms with Crippen molar-refractivity contribution in [3.63, 3.8) is 0 Å². The molecular weight excluding hydrogens is 566 g/mol. The molecule has 218 valence electrons. The predicted octanol–water partition coefficient (Wildman–Crippen LogP) is 2.70. The minimum atomic E-state index is -1.21. The highest BCUT2D eigenvalue weighted by atomic mass is 32.2. The zero-order chi connectivity index (χ0) is 29.8. The second-order valence-electron chi connectivity index (χ2n) is 9.16. The van der Waals surface area contributed by atoms with Crippen molar-refractivity contribution in [3.05, 3.63) is 64.2 Å². The standard InChI is InChI=1S/C26H26F2N4O8S/c1-12-7-16(8-18(27)22(12)28)19-10-32(31-30-19)23-24(38-14(3)34)20(11-37-13(2)33)40-26(25(23)39-15(4)35)41-17-5-6-29-21(36)9-17/h5-10,20,23-26H,11H2,1-4H3,(H,29,36)/t20?,23?,24-,25?,26+/m0/s1. The number of carbonyl (C=O) groups excluding carboxylic acids is 3. The molecule has 12 nitrogen and oxygen atoms in total. The molecule has 3 aromatic rings. The monoisotopic (exact) mass is 592 g/mol. The van der Waals surface area contributed by atoms with E-state index in [1.165, 1.54) is 50.0 Å². The topological polar surface area (TPSA) is 152 Å². The Bertz CT molecular complexity index is 1490. The maximum Gasteiger partial charge on any atom is 0.303 e. The quantitative estimate of drug-likeness (QED) is 0.304. The summed E-state index contributed by atoms with van der Waals surface area (Å²) in [4.78, 5) is 51.0. The molecule has 2 aromatic heterocycles. The molecule has 0 bridgehead atoms. The maximum atomic E-state index is 14.2. The molecule has 0 saturated carbocycles. The molecule has 41 heavy (non-hydrogen) atoms. The molecule has 0 aliphatic carbocycles. The Morgan fingerprint density at radius 2 is 1.78 bits per heavy atom. The second-order valence-corrected chi connectivity index (χ2v) is 10.3. The number of hydrogen-bond acceptors (Lipinski definition) is 11. The van der Waals surface area contributed by atoms with Crippen LogP contribution in [0.1, 0.15) is 32.4 Å². The fourth-order valence-corrected chi connectivity index (χ4v) is 5.48. The lowest BCUT2D eigenvalue weighted by atomic mass is 9.96. The van der Waals surface area contributed by atoms with E-state index in [4.69, 9.17) is 18.9 Å². The van der Waals surface area contributed by atoms with Crippen LogP contribution in [0.15, 0.2) is 46.3 Å². The number of H-pyrrole nitrogens is 1. The van der Waals surface area contributed by atoms with Crippen molar-refractivity contribution in [1.29, 1.82) is 0 Å². The zero-order valence-corrected chi connectivity index (χ0v) is 23.1. The number of ether oxygens (including phenoxy) is 4. The Labute approximate surface area is 236 Å². The molecule has 15 heteroatoms. The molecule has 0 spiro atoms. The lowest BCUT2D eigenvalue weighted by Crippen LogP contribution is -2.57. The van der Waals surface area contributed by atoms with Gasteiger partial charge in [-0.25, -0.2) is 13.5 Å². The fraction of sp³-hybridized carbons (Fsp3) is 0.385. The van der Waals surface area contributed by atoms with Gasteiger partial charge in [-0.15, -0.1) is 5.10 Å². The van der Waals surface area contributed by atoms with Gasteiger partial charge in [0.1, 0.15) is 29.9 Å². The van der Waals surface area contributed by atoms with E-state index in [0.29, 0.717) is 4.90 Å². The van der Waals surface area contributed by atoms with Gasteiger partial charge in [-0.05, 0) is 30.7 Å². The number of thioether (sulfide) groups is 1. The number of pyridine rings is 1. The molecule has 1 fully saturated rings. The Morgan fingerprint density at radius 3 is 2.41 bits per heavy atom. The Balaban J connectivity index is 1.82. The van der Waals surface area contributed by atoms with Gasteiger partial charge in [0, 0.05) is 43.5 Å². The molecule has 1 aliphatic heterocycles. The number of aromatic nitrogens is 4. The number of esters is 3. The van der Waals surface area contributed by atoms with E-state index in [1.807, 2.05) is 0 Å². The third-order valence-corrected chi connectivity index (χ3v) is 7.13. The summed E-state index contributed by atoms with van der Waals surface area (Å²) in [7, 11) is 0. The number of halogens is 2. The summed E-state index contributed by atoms with van der Waals surface area (Å²) in [5.74, 6) is -4.10. The molecule has 1 aliphatic rings. The Hall–Kier alpha value is -4.11. The molecule has 3 unspecified atom stereocenters. The minimum Gasteiger partial charge on any atom is -0.463 e. The maximum absolute atomic E-state index is 14.2. The highest BCUT2D eigenvalue weighted by Crippen LogP contribution is 2.41. The lowest BCUT2D eigenvalue weighted by Gasteiger charge is -2.44. The summed E-state index contributed by atoms with van der Waals surface area (Å²) in [6, 6.07) is 4.17. The van der Waals surface area contributed by atoms with Gasteiger partial charge in [-0.3, -0.25) is 19.2 Å². The van der Waals surface area contributed by atoms with Gasteiger partial charge in [0.15, 0.2) is 23.8 Å². The normalized spacial score (nSPS) is 22.1. The summed E-state index contributed by atoms with van der Waals surface area (Å²) in [6.07, 6.45) is -0.647. The minimum absolute atomic E-state index is 0.0481. The Morgan fingerprint density at radius 1 is 1.07 bits per heavy atom. The van der Waals surface area contributed by atoms with Gasteiger partial charge in [0.25, 0.3) is 0 Å². The third-order valence-electron chi connectivity index (χ3n) is 5.99. The second kappa shape index (κ2) is 12.6. The predicted molar refractivity (Wildman–Crippen MR) is 138 cm³/mol. The summed E-state index contributed by atoms with van der Waals surface area (Å²) < 4.78 is 51.9. The summed E-state index contributed by atoms with van der Waals surface area (Å²) >= 11 is 1.04. The molecule has 1 saturated heterocycles. The molecule has 4 rings (SSSR count). The van der Waals surface area contributed by atoms with Crippen LogP contribution >= 0.6 is 11.8 Å². The van der Waals surface area contributed by atoms with Crippen molar-refractivity contribution in [2.75, 3.05) is 6.61 Å². The fourth-order valence-electron chi connectivity index (χ4n) is 4.34. The van der Waals surface area contributed by atoms with E-state index < -0.39 is 59.3 Å². The van der Waals surface area contributed by atoms with Gasteiger partial charge in [-0.2, -0.15) is 0 Å². The molecule has 3 heterocycles. The van der Waals surface area contributed by atoms with E-state index in [-0.39, 0.29) is 29.0 Å². The van der Waals surface area contributed by atoms with Crippen LogP contribution in [0.25, 0.3) is 11.3 Å². The summed E-state index contributed by atoms with van der Waals surface area (Å²) in [5, 5.41) is 8.22. The van der Waals surface area contributed by atoms with Gasteiger partial charge < -0.3 is 23.9 Å². The molecule has 1 N–H and O–H groups in total. The van der Waals surface area contributed by atoms with Crippen LogP contribution in [0, 0.1) is 18.6 Å². The van der Waals surface area contributed by atoms with Gasteiger partial charge >= 0.3 is 17.9 Å². The molecule has 0 radical (unpaired) electrons. The van der Waals surface area contributed by atoms with Crippen molar-refractivity contribution in [2.45, 2.75) is 62.4 Å². The number of hydrogen-bond donors (Lipinski definition) is 1. The van der Waals surface area contributed by atoms with E-state index in [1.54, 1.807) is 6.07 Å². The van der Waals surface area contributed by atoms with Crippen molar-refractivity contribution in [2.24, 2.45) is 0 Å². The number of aromatic amines is 1. The first-order chi connectivity index (χ1) is 19.4.